The highest BCUT2D eigenvalue weighted by molar-refractivity contribution is 6.01. The van der Waals surface area contributed by atoms with E-state index < -0.39 is 5.97 Å². The van der Waals surface area contributed by atoms with Crippen LogP contribution in [-0.2, 0) is 0 Å². The maximum atomic E-state index is 12.9. The number of esters is 1. The summed E-state index contributed by atoms with van der Waals surface area (Å²) in [4.78, 5) is 25.4. The number of Topliss-reactive ketones (excluding diaryl/α,β-unsaturated/α-hetero) is 1. The Bertz CT molecular complexity index is 801. The zero-order valence-electron chi connectivity index (χ0n) is 15.4. The number of carbonyl (C=O) groups excluding carboxylic acids is 2. The maximum absolute atomic E-state index is 12.9. The predicted octanol–water partition coefficient (Wildman–Crippen LogP) is 5.23. The monoisotopic (exact) mass is 364 g/mol. The van der Waals surface area contributed by atoms with E-state index in [1.54, 1.807) is 54.6 Å². The second-order valence-corrected chi connectivity index (χ2v) is 6.71. The quantitative estimate of drug-likeness (QED) is 0.292. The summed E-state index contributed by atoms with van der Waals surface area (Å²) < 4.78 is 11.0. The van der Waals surface area contributed by atoms with Crippen molar-refractivity contribution in [1.82, 2.24) is 0 Å². The lowest BCUT2D eigenvalue weighted by atomic mass is 9.83. The molecule has 0 unspecified atom stereocenters. The predicted molar refractivity (Wildman–Crippen MR) is 104 cm³/mol. The van der Waals surface area contributed by atoms with Crippen LogP contribution in [0.3, 0.4) is 0 Å². The average Bonchev–Trinajstić information content (AvgIpc) is 2.73. The van der Waals surface area contributed by atoms with Crippen molar-refractivity contribution in [2.75, 3.05) is 6.61 Å². The van der Waals surface area contributed by atoms with E-state index in [2.05, 4.69) is 6.58 Å². The molecule has 0 amide bonds. The summed E-state index contributed by atoms with van der Waals surface area (Å²) in [6.07, 6.45) is 6.83. The van der Waals surface area contributed by atoms with Crippen LogP contribution < -0.4 is 9.47 Å². The third-order valence-electron chi connectivity index (χ3n) is 4.79. The molecule has 0 spiro atoms. The normalized spacial score (nSPS) is 14.4. The van der Waals surface area contributed by atoms with Gasteiger partial charge in [-0.25, -0.2) is 4.79 Å². The van der Waals surface area contributed by atoms with Crippen molar-refractivity contribution in [3.05, 3.63) is 72.3 Å². The van der Waals surface area contributed by atoms with E-state index in [4.69, 9.17) is 9.47 Å². The Kier molecular flexibility index (Phi) is 6.42. The van der Waals surface area contributed by atoms with Crippen LogP contribution in [0.2, 0.25) is 0 Å². The van der Waals surface area contributed by atoms with Crippen LogP contribution in [0.25, 0.3) is 0 Å². The Hall–Kier alpha value is -2.88. The molecule has 4 heteroatoms. The molecule has 0 bridgehead atoms. The lowest BCUT2D eigenvalue weighted by Gasteiger charge is -2.21. The zero-order valence-corrected chi connectivity index (χ0v) is 15.4. The summed E-state index contributed by atoms with van der Waals surface area (Å²) in [5.41, 5.74) is 0.893. The molecule has 0 aliphatic heterocycles. The van der Waals surface area contributed by atoms with Gasteiger partial charge in [0.15, 0.2) is 5.78 Å². The van der Waals surface area contributed by atoms with E-state index in [0.29, 0.717) is 29.2 Å². The Labute approximate surface area is 159 Å². The number of para-hydroxylation sites is 1. The van der Waals surface area contributed by atoms with Gasteiger partial charge in [0.25, 0.3) is 0 Å². The first-order chi connectivity index (χ1) is 13.2. The van der Waals surface area contributed by atoms with Gasteiger partial charge < -0.3 is 9.47 Å². The number of hydrogen-bond acceptors (Lipinski definition) is 4. The molecule has 0 saturated heterocycles. The van der Waals surface area contributed by atoms with Crippen LogP contribution in [0.5, 0.6) is 11.5 Å². The molecular formula is C23H24O4. The highest BCUT2D eigenvalue weighted by Crippen LogP contribution is 2.30. The van der Waals surface area contributed by atoms with E-state index in [0.717, 1.165) is 25.7 Å². The van der Waals surface area contributed by atoms with Crippen LogP contribution in [0.1, 0.15) is 52.8 Å². The Balaban J connectivity index is 1.72. The molecule has 0 heterocycles. The Morgan fingerprint density at radius 2 is 1.70 bits per heavy atom. The second-order valence-electron chi connectivity index (χ2n) is 6.71. The third kappa shape index (κ3) is 4.85. The van der Waals surface area contributed by atoms with Gasteiger partial charge in [0.2, 0.25) is 0 Å². The van der Waals surface area contributed by atoms with Crippen LogP contribution in [-0.4, -0.2) is 18.4 Å². The number of carbonyl (C=O) groups is 2. The molecule has 4 nitrogen and oxygen atoms in total. The maximum Gasteiger partial charge on any atom is 0.343 e. The van der Waals surface area contributed by atoms with Gasteiger partial charge in [0, 0.05) is 5.92 Å². The van der Waals surface area contributed by atoms with Crippen molar-refractivity contribution < 1.29 is 19.1 Å². The van der Waals surface area contributed by atoms with E-state index in [1.165, 1.54) is 6.42 Å². The zero-order chi connectivity index (χ0) is 19.1. The third-order valence-corrected chi connectivity index (χ3v) is 4.79. The lowest BCUT2D eigenvalue weighted by molar-refractivity contribution is 0.0730. The van der Waals surface area contributed by atoms with Crippen LogP contribution >= 0.6 is 0 Å². The summed E-state index contributed by atoms with van der Waals surface area (Å²) >= 11 is 0. The summed E-state index contributed by atoms with van der Waals surface area (Å²) in [6.45, 7) is 4.00. The van der Waals surface area contributed by atoms with Crippen LogP contribution in [0.4, 0.5) is 0 Å². The molecule has 0 atom stereocenters. The van der Waals surface area contributed by atoms with Crippen molar-refractivity contribution in [3.8, 4) is 11.5 Å². The van der Waals surface area contributed by atoms with Gasteiger partial charge in [-0.1, -0.05) is 44.1 Å². The highest BCUT2D eigenvalue weighted by Gasteiger charge is 2.25. The minimum Gasteiger partial charge on any atom is -0.490 e. The summed E-state index contributed by atoms with van der Waals surface area (Å²) in [5, 5.41) is 0. The van der Waals surface area contributed by atoms with E-state index in [-0.39, 0.29) is 11.7 Å². The summed E-state index contributed by atoms with van der Waals surface area (Å²) in [5.74, 6) is 0.588. The molecule has 2 aromatic carbocycles. The van der Waals surface area contributed by atoms with Gasteiger partial charge in [-0.15, -0.1) is 0 Å². The fourth-order valence-electron chi connectivity index (χ4n) is 3.35. The van der Waals surface area contributed by atoms with Gasteiger partial charge in [-0.2, -0.15) is 0 Å². The van der Waals surface area contributed by atoms with Gasteiger partial charge in [0.1, 0.15) is 18.1 Å². The Morgan fingerprint density at radius 1 is 1.00 bits per heavy atom. The minimum absolute atomic E-state index is 0.0277. The molecule has 3 rings (SSSR count). The SMILES string of the molecule is C=CCOc1ccc(C(=O)Oc2ccccc2C(=O)C2CCCCC2)cc1. The van der Waals surface area contributed by atoms with Crippen molar-refractivity contribution in [2.45, 2.75) is 32.1 Å². The summed E-state index contributed by atoms with van der Waals surface area (Å²) in [7, 11) is 0. The van der Waals surface area contributed by atoms with Gasteiger partial charge >= 0.3 is 5.97 Å². The number of rotatable bonds is 7. The van der Waals surface area contributed by atoms with Gasteiger partial charge in [0.05, 0.1) is 11.1 Å². The molecule has 140 valence electrons. The van der Waals surface area contributed by atoms with Crippen molar-refractivity contribution in [3.63, 3.8) is 0 Å². The van der Waals surface area contributed by atoms with Crippen LogP contribution in [0, 0.1) is 5.92 Å². The molecular weight excluding hydrogens is 340 g/mol. The second kappa shape index (κ2) is 9.17. The van der Waals surface area contributed by atoms with Gasteiger partial charge in [-0.3, -0.25) is 4.79 Å². The largest absolute Gasteiger partial charge is 0.490 e. The van der Waals surface area contributed by atoms with Gasteiger partial charge in [-0.05, 0) is 49.2 Å². The molecule has 0 radical (unpaired) electrons. The number of benzene rings is 2. The average molecular weight is 364 g/mol. The lowest BCUT2D eigenvalue weighted by Crippen LogP contribution is -2.19. The Morgan fingerprint density at radius 3 is 2.41 bits per heavy atom. The van der Waals surface area contributed by atoms with E-state index in [1.807, 2.05) is 0 Å². The first-order valence-electron chi connectivity index (χ1n) is 9.38. The smallest absolute Gasteiger partial charge is 0.343 e. The fraction of sp³-hybridized carbons (Fsp3) is 0.304. The molecule has 27 heavy (non-hydrogen) atoms. The van der Waals surface area contributed by atoms with Crippen molar-refractivity contribution in [2.24, 2.45) is 5.92 Å². The molecule has 0 N–H and O–H groups in total. The molecule has 1 saturated carbocycles. The number of ether oxygens (including phenoxy) is 2. The first kappa shape index (κ1) is 18.9. The number of hydrogen-bond donors (Lipinski definition) is 0. The molecule has 2 aromatic rings. The first-order valence-corrected chi connectivity index (χ1v) is 9.38. The van der Waals surface area contributed by atoms with E-state index >= 15 is 0 Å². The topological polar surface area (TPSA) is 52.6 Å². The molecule has 1 aliphatic carbocycles. The molecule has 0 aromatic heterocycles. The molecule has 1 aliphatic rings. The standard InChI is InChI=1S/C23H24O4/c1-2-16-26-19-14-12-18(13-15-19)23(25)27-21-11-7-6-10-20(21)22(24)17-8-4-3-5-9-17/h2,6-7,10-15,17H,1,3-5,8-9,16H2. The van der Waals surface area contributed by atoms with Crippen LogP contribution in [0.15, 0.2) is 61.2 Å². The summed E-state index contributed by atoms with van der Waals surface area (Å²) in [6, 6.07) is 13.7. The van der Waals surface area contributed by atoms with E-state index in [9.17, 15) is 9.59 Å². The molecule has 1 fully saturated rings. The van der Waals surface area contributed by atoms with Crippen molar-refractivity contribution >= 4 is 11.8 Å². The number of ketones is 1. The van der Waals surface area contributed by atoms with Crippen molar-refractivity contribution in [1.29, 1.82) is 0 Å². The fourth-order valence-corrected chi connectivity index (χ4v) is 3.35. The highest BCUT2D eigenvalue weighted by atomic mass is 16.5. The minimum atomic E-state index is -0.492.